The van der Waals surface area contributed by atoms with Crippen molar-refractivity contribution in [2.24, 2.45) is 0 Å². The molecule has 1 aromatic rings. The first-order valence-corrected chi connectivity index (χ1v) is 5.14. The molecule has 1 aliphatic carbocycles. The summed E-state index contributed by atoms with van der Waals surface area (Å²) < 4.78 is 1.62. The molecule has 15 heavy (non-hydrogen) atoms. The third kappa shape index (κ3) is 2.18. The topological polar surface area (TPSA) is 67.2 Å². The molecule has 1 amide bonds. The fourth-order valence-corrected chi connectivity index (χ4v) is 1.66. The number of aliphatic hydroxyl groups is 1. The first-order chi connectivity index (χ1) is 7.16. The number of nitrogens with one attached hydrogen (secondary N) is 1. The molecule has 5 heteroatoms. The molecule has 0 spiro atoms. The lowest BCUT2D eigenvalue weighted by Crippen LogP contribution is -2.48. The van der Waals surface area contributed by atoms with Crippen LogP contribution in [-0.4, -0.2) is 32.9 Å². The summed E-state index contributed by atoms with van der Waals surface area (Å²) in [6.07, 6.45) is 4.50. The highest BCUT2D eigenvalue weighted by molar-refractivity contribution is 5.80. The van der Waals surface area contributed by atoms with Gasteiger partial charge in [-0.1, -0.05) is 0 Å². The van der Waals surface area contributed by atoms with Crippen LogP contribution in [0.5, 0.6) is 0 Å². The minimum absolute atomic E-state index is 0.0457. The number of amides is 1. The minimum atomic E-state index is -0.294. The number of hydrogen-bond acceptors (Lipinski definition) is 3. The molecule has 0 radical (unpaired) electrons. The fraction of sp³-hybridized carbons (Fsp3) is 0.600. The van der Waals surface area contributed by atoms with Gasteiger partial charge in [0.05, 0.1) is 6.10 Å². The molecule has 2 N–H and O–H groups in total. The van der Waals surface area contributed by atoms with E-state index in [9.17, 15) is 4.79 Å². The molecule has 1 saturated carbocycles. The van der Waals surface area contributed by atoms with E-state index in [1.807, 2.05) is 0 Å². The molecule has 2 rings (SSSR count). The van der Waals surface area contributed by atoms with Gasteiger partial charge in [-0.15, -0.1) is 0 Å². The van der Waals surface area contributed by atoms with E-state index >= 15 is 0 Å². The van der Waals surface area contributed by atoms with E-state index in [4.69, 9.17) is 5.11 Å². The summed E-state index contributed by atoms with van der Waals surface area (Å²) in [7, 11) is 0. The zero-order valence-electron chi connectivity index (χ0n) is 8.63. The van der Waals surface area contributed by atoms with Gasteiger partial charge in [-0.25, -0.2) is 0 Å². The summed E-state index contributed by atoms with van der Waals surface area (Å²) in [4.78, 5) is 11.7. The number of nitrogens with zero attached hydrogens (tertiary/aromatic N) is 2. The van der Waals surface area contributed by atoms with E-state index in [0.717, 1.165) is 0 Å². The maximum atomic E-state index is 11.7. The Kier molecular flexibility index (Phi) is 2.73. The van der Waals surface area contributed by atoms with Crippen molar-refractivity contribution in [1.29, 1.82) is 0 Å². The molecule has 0 saturated heterocycles. The molecule has 0 aliphatic heterocycles. The molecule has 82 valence electrons. The number of hydrogen-bond donors (Lipinski definition) is 2. The van der Waals surface area contributed by atoms with Crippen LogP contribution in [0.2, 0.25) is 0 Å². The van der Waals surface area contributed by atoms with E-state index < -0.39 is 0 Å². The summed E-state index contributed by atoms with van der Waals surface area (Å²) in [5.74, 6) is -0.0457. The summed E-state index contributed by atoms with van der Waals surface area (Å²) in [6, 6.07) is 1.62. The number of aromatic nitrogens is 2. The Labute approximate surface area is 88.1 Å². The standard InChI is InChI=1S/C10H15N3O2/c1-7(13-4-2-3-11-13)10(15)12-8-5-9(14)6-8/h2-4,7-9,14H,5-6H2,1H3,(H,12,15). The highest BCUT2D eigenvalue weighted by Crippen LogP contribution is 2.20. The molecule has 0 bridgehead atoms. The van der Waals surface area contributed by atoms with Crippen molar-refractivity contribution in [3.63, 3.8) is 0 Å². The lowest BCUT2D eigenvalue weighted by atomic mass is 9.89. The Morgan fingerprint density at radius 3 is 2.93 bits per heavy atom. The Balaban J connectivity index is 1.86. The normalized spacial score (nSPS) is 26.8. The second kappa shape index (κ2) is 4.02. The molecule has 5 nitrogen and oxygen atoms in total. The number of carbonyl (C=O) groups excluding carboxylic acids is 1. The van der Waals surface area contributed by atoms with Crippen LogP contribution in [0.4, 0.5) is 0 Å². The van der Waals surface area contributed by atoms with Crippen LogP contribution < -0.4 is 5.32 Å². The lowest BCUT2D eigenvalue weighted by Gasteiger charge is -2.32. The van der Waals surface area contributed by atoms with Gasteiger partial charge in [0, 0.05) is 18.4 Å². The molecule has 0 aromatic carbocycles. The monoisotopic (exact) mass is 209 g/mol. The quantitative estimate of drug-likeness (QED) is 0.741. The predicted molar refractivity (Wildman–Crippen MR) is 54.1 cm³/mol. The van der Waals surface area contributed by atoms with Gasteiger partial charge in [0.1, 0.15) is 6.04 Å². The van der Waals surface area contributed by atoms with Crippen LogP contribution in [0.25, 0.3) is 0 Å². The van der Waals surface area contributed by atoms with Gasteiger partial charge in [-0.05, 0) is 25.8 Å². The van der Waals surface area contributed by atoms with Crippen molar-refractivity contribution in [3.05, 3.63) is 18.5 Å². The van der Waals surface area contributed by atoms with Crippen LogP contribution >= 0.6 is 0 Å². The van der Waals surface area contributed by atoms with Crippen molar-refractivity contribution in [3.8, 4) is 0 Å². The molecular formula is C10H15N3O2. The van der Waals surface area contributed by atoms with Gasteiger partial charge in [0.25, 0.3) is 0 Å². The van der Waals surface area contributed by atoms with Crippen molar-refractivity contribution in [1.82, 2.24) is 15.1 Å². The van der Waals surface area contributed by atoms with Gasteiger partial charge < -0.3 is 10.4 Å². The van der Waals surface area contributed by atoms with E-state index in [0.29, 0.717) is 12.8 Å². The summed E-state index contributed by atoms with van der Waals surface area (Å²) in [5.41, 5.74) is 0. The Hall–Kier alpha value is -1.36. The van der Waals surface area contributed by atoms with E-state index in [1.165, 1.54) is 0 Å². The summed E-state index contributed by atoms with van der Waals surface area (Å²) >= 11 is 0. The number of rotatable bonds is 3. The average Bonchev–Trinajstić information content (AvgIpc) is 2.66. The summed E-state index contributed by atoms with van der Waals surface area (Å²) in [5, 5.41) is 16.0. The van der Waals surface area contributed by atoms with Crippen molar-refractivity contribution < 1.29 is 9.90 Å². The van der Waals surface area contributed by atoms with Crippen LogP contribution in [0.3, 0.4) is 0 Å². The summed E-state index contributed by atoms with van der Waals surface area (Å²) in [6.45, 7) is 1.80. The molecule has 1 unspecified atom stereocenters. The van der Waals surface area contributed by atoms with Gasteiger partial charge in [-0.3, -0.25) is 9.48 Å². The van der Waals surface area contributed by atoms with Gasteiger partial charge in [0.15, 0.2) is 0 Å². The molecule has 1 atom stereocenters. The van der Waals surface area contributed by atoms with E-state index in [1.54, 1.807) is 30.1 Å². The average molecular weight is 209 g/mol. The molecular weight excluding hydrogens is 194 g/mol. The highest BCUT2D eigenvalue weighted by atomic mass is 16.3. The maximum absolute atomic E-state index is 11.7. The first kappa shape index (κ1) is 10.2. The predicted octanol–water partition coefficient (Wildman–Crippen LogP) is 0.0836. The molecule has 1 heterocycles. The van der Waals surface area contributed by atoms with E-state index in [-0.39, 0.29) is 24.1 Å². The second-order valence-corrected chi connectivity index (χ2v) is 3.99. The van der Waals surface area contributed by atoms with Crippen LogP contribution in [0.1, 0.15) is 25.8 Å². The first-order valence-electron chi connectivity index (χ1n) is 5.14. The molecule has 1 aromatic heterocycles. The van der Waals surface area contributed by atoms with Crippen LogP contribution in [-0.2, 0) is 4.79 Å². The van der Waals surface area contributed by atoms with Crippen LogP contribution in [0, 0.1) is 0 Å². The zero-order valence-corrected chi connectivity index (χ0v) is 8.63. The Morgan fingerprint density at radius 1 is 1.67 bits per heavy atom. The molecule has 1 aliphatic rings. The second-order valence-electron chi connectivity index (χ2n) is 3.99. The third-order valence-corrected chi connectivity index (χ3v) is 2.76. The Bertz CT molecular complexity index is 330. The number of aliphatic hydroxyl groups excluding tert-OH is 1. The molecule has 1 fully saturated rings. The third-order valence-electron chi connectivity index (χ3n) is 2.76. The van der Waals surface area contributed by atoms with Crippen molar-refractivity contribution in [2.75, 3.05) is 0 Å². The fourth-order valence-electron chi connectivity index (χ4n) is 1.66. The highest BCUT2D eigenvalue weighted by Gasteiger charge is 2.29. The Morgan fingerprint density at radius 2 is 2.40 bits per heavy atom. The van der Waals surface area contributed by atoms with Gasteiger partial charge >= 0.3 is 0 Å². The lowest BCUT2D eigenvalue weighted by molar-refractivity contribution is -0.126. The SMILES string of the molecule is CC(C(=O)NC1CC(O)C1)n1cccn1. The van der Waals surface area contributed by atoms with Crippen LogP contribution in [0.15, 0.2) is 18.5 Å². The minimum Gasteiger partial charge on any atom is -0.393 e. The smallest absolute Gasteiger partial charge is 0.244 e. The van der Waals surface area contributed by atoms with Crippen molar-refractivity contribution >= 4 is 5.91 Å². The maximum Gasteiger partial charge on any atom is 0.244 e. The van der Waals surface area contributed by atoms with Gasteiger partial charge in [-0.2, -0.15) is 5.10 Å². The van der Waals surface area contributed by atoms with Gasteiger partial charge in [0.2, 0.25) is 5.91 Å². The number of carbonyl (C=O) groups is 1. The van der Waals surface area contributed by atoms with E-state index in [2.05, 4.69) is 10.4 Å². The van der Waals surface area contributed by atoms with Crippen molar-refractivity contribution in [2.45, 2.75) is 38.0 Å². The largest absolute Gasteiger partial charge is 0.393 e. The zero-order chi connectivity index (χ0) is 10.8.